The van der Waals surface area contributed by atoms with Crippen LogP contribution in [0.1, 0.15) is 67.6 Å². The molecule has 0 N–H and O–H groups in total. The number of morpholine rings is 1. The third-order valence-corrected chi connectivity index (χ3v) is 6.41. The Morgan fingerprint density at radius 3 is 2.58 bits per heavy atom. The number of hydrogen-bond acceptors (Lipinski definition) is 9. The maximum Gasteiger partial charge on any atom is 0.343 e. The van der Waals surface area contributed by atoms with Gasteiger partial charge in [0.15, 0.2) is 0 Å². The van der Waals surface area contributed by atoms with Gasteiger partial charge in [0, 0.05) is 44.1 Å². The fraction of sp³-hybridized carbons (Fsp3) is 0.593. The molecule has 1 saturated heterocycles. The van der Waals surface area contributed by atoms with Gasteiger partial charge in [-0.15, -0.1) is 0 Å². The van der Waals surface area contributed by atoms with E-state index in [0.717, 1.165) is 37.4 Å². The van der Waals surface area contributed by atoms with Crippen molar-refractivity contribution in [2.75, 3.05) is 46.6 Å². The van der Waals surface area contributed by atoms with Gasteiger partial charge in [-0.05, 0) is 25.8 Å². The number of carbonyl (C=O) groups is 3. The number of carbonyl (C=O) groups excluding carboxylic acids is 3. The molecule has 0 aliphatic carbocycles. The first kappa shape index (κ1) is 27.7. The number of ether oxygens (including phenoxy) is 5. The summed E-state index contributed by atoms with van der Waals surface area (Å²) >= 11 is 0. The van der Waals surface area contributed by atoms with E-state index in [9.17, 15) is 14.4 Å². The molecule has 36 heavy (non-hydrogen) atoms. The van der Waals surface area contributed by atoms with Crippen molar-refractivity contribution < 1.29 is 38.1 Å². The van der Waals surface area contributed by atoms with Crippen molar-refractivity contribution in [3.63, 3.8) is 0 Å². The van der Waals surface area contributed by atoms with E-state index in [1.165, 1.54) is 7.11 Å². The van der Waals surface area contributed by atoms with Crippen molar-refractivity contribution in [1.82, 2.24) is 4.90 Å². The predicted octanol–water partition coefficient (Wildman–Crippen LogP) is 3.77. The Morgan fingerprint density at radius 1 is 1.19 bits per heavy atom. The largest absolute Gasteiger partial charge is 0.496 e. The van der Waals surface area contributed by atoms with Crippen LogP contribution in [0.4, 0.5) is 0 Å². The minimum absolute atomic E-state index is 0.152. The number of hydrogen-bond donors (Lipinski definition) is 0. The first-order valence-electron chi connectivity index (χ1n) is 12.5. The molecule has 1 fully saturated rings. The van der Waals surface area contributed by atoms with Crippen LogP contribution < -0.4 is 9.47 Å². The topological polar surface area (TPSA) is 101 Å². The van der Waals surface area contributed by atoms with Crippen molar-refractivity contribution in [3.05, 3.63) is 34.4 Å². The number of cyclic esters (lactones) is 1. The first-order chi connectivity index (χ1) is 17.2. The number of fused-ring (bicyclic) bond motifs is 1. The number of methoxy groups -OCH3 is 1. The minimum atomic E-state index is -0.533. The number of benzene rings is 1. The molecule has 2 aliphatic heterocycles. The van der Waals surface area contributed by atoms with Gasteiger partial charge in [-0.3, -0.25) is 14.5 Å². The molecule has 0 bridgehead atoms. The molecule has 1 aromatic carbocycles. The molecule has 3 rings (SSSR count). The first-order valence-corrected chi connectivity index (χ1v) is 12.5. The van der Waals surface area contributed by atoms with Gasteiger partial charge in [0.2, 0.25) is 0 Å². The summed E-state index contributed by atoms with van der Waals surface area (Å²) in [4.78, 5) is 39.3. The Balaban J connectivity index is 1.59. The molecule has 198 valence electrons. The molecule has 9 heteroatoms. The summed E-state index contributed by atoms with van der Waals surface area (Å²) in [7, 11) is 1.53. The second-order valence-corrected chi connectivity index (χ2v) is 9.42. The monoisotopic (exact) mass is 503 g/mol. The summed E-state index contributed by atoms with van der Waals surface area (Å²) in [6, 6.07) is 1.56. The van der Waals surface area contributed by atoms with Crippen LogP contribution in [0, 0.1) is 12.8 Å². The zero-order valence-corrected chi connectivity index (χ0v) is 21.9. The van der Waals surface area contributed by atoms with Crippen LogP contribution in [-0.4, -0.2) is 69.4 Å². The van der Waals surface area contributed by atoms with E-state index in [1.54, 1.807) is 19.9 Å². The smallest absolute Gasteiger partial charge is 0.343 e. The average molecular weight is 504 g/mol. The van der Waals surface area contributed by atoms with Gasteiger partial charge in [0.05, 0.1) is 26.2 Å². The number of allylic oxidation sites excluding steroid dienone is 1. The molecule has 2 heterocycles. The number of rotatable bonds is 11. The van der Waals surface area contributed by atoms with Crippen LogP contribution in [0.3, 0.4) is 0 Å². The quantitative estimate of drug-likeness (QED) is 0.254. The highest BCUT2D eigenvalue weighted by Gasteiger charge is 2.37. The molecule has 1 aromatic rings. The lowest BCUT2D eigenvalue weighted by atomic mass is 9.95. The summed E-state index contributed by atoms with van der Waals surface area (Å²) in [6.45, 7) is 11.5. The van der Waals surface area contributed by atoms with Crippen LogP contribution in [0.2, 0.25) is 0 Å². The van der Waals surface area contributed by atoms with Gasteiger partial charge in [0.25, 0.3) is 0 Å². The third-order valence-electron chi connectivity index (χ3n) is 6.41. The van der Waals surface area contributed by atoms with Crippen LogP contribution in [-0.2, 0) is 23.8 Å². The minimum Gasteiger partial charge on any atom is -0.496 e. The Bertz CT molecular complexity index is 994. The van der Waals surface area contributed by atoms with E-state index in [1.807, 2.05) is 19.9 Å². The molecule has 0 spiro atoms. The lowest BCUT2D eigenvalue weighted by Crippen LogP contribution is -2.38. The van der Waals surface area contributed by atoms with Crippen LogP contribution in [0.15, 0.2) is 17.7 Å². The molecule has 0 saturated carbocycles. The normalized spacial score (nSPS) is 18.1. The highest BCUT2D eigenvalue weighted by Crippen LogP contribution is 2.44. The van der Waals surface area contributed by atoms with Crippen LogP contribution in [0.5, 0.6) is 11.5 Å². The van der Waals surface area contributed by atoms with Gasteiger partial charge in [-0.25, -0.2) is 4.79 Å². The van der Waals surface area contributed by atoms with Crippen molar-refractivity contribution >= 4 is 17.9 Å². The Kier molecular flexibility index (Phi) is 9.89. The Labute approximate surface area is 212 Å². The molecular weight excluding hydrogens is 466 g/mol. The van der Waals surface area contributed by atoms with E-state index in [-0.39, 0.29) is 29.6 Å². The summed E-state index contributed by atoms with van der Waals surface area (Å²) in [5.41, 5.74) is 2.69. The van der Waals surface area contributed by atoms with Gasteiger partial charge < -0.3 is 23.7 Å². The van der Waals surface area contributed by atoms with Crippen molar-refractivity contribution in [2.45, 2.75) is 53.1 Å². The molecule has 2 aliphatic rings. The van der Waals surface area contributed by atoms with E-state index in [0.29, 0.717) is 37.3 Å². The van der Waals surface area contributed by atoms with Gasteiger partial charge in [-0.1, -0.05) is 25.5 Å². The molecule has 0 radical (unpaired) electrons. The van der Waals surface area contributed by atoms with Gasteiger partial charge in [0.1, 0.15) is 29.8 Å². The highest BCUT2D eigenvalue weighted by atomic mass is 16.6. The fourth-order valence-electron chi connectivity index (χ4n) is 4.19. The Hall–Kier alpha value is -2.91. The SMILES string of the molecule is COc1cc(OC(=O)C(C)C)c2c(c1C)C(CC=C(C)CCC(=O)OCCN1CCOCC1)OC2=O. The predicted molar refractivity (Wildman–Crippen MR) is 132 cm³/mol. The molecule has 1 atom stereocenters. The van der Waals surface area contributed by atoms with Crippen molar-refractivity contribution in [3.8, 4) is 11.5 Å². The molecule has 1 unspecified atom stereocenters. The lowest BCUT2D eigenvalue weighted by Gasteiger charge is -2.26. The Morgan fingerprint density at radius 2 is 1.92 bits per heavy atom. The molecule has 9 nitrogen and oxygen atoms in total. The van der Waals surface area contributed by atoms with Gasteiger partial charge >= 0.3 is 17.9 Å². The van der Waals surface area contributed by atoms with E-state index >= 15 is 0 Å². The van der Waals surface area contributed by atoms with Crippen LogP contribution >= 0.6 is 0 Å². The zero-order valence-electron chi connectivity index (χ0n) is 21.9. The second kappa shape index (κ2) is 12.9. The summed E-state index contributed by atoms with van der Waals surface area (Å²) in [5, 5.41) is 0. The average Bonchev–Trinajstić information content (AvgIpc) is 3.20. The molecule has 0 amide bonds. The van der Waals surface area contributed by atoms with Crippen LogP contribution in [0.25, 0.3) is 0 Å². The maximum absolute atomic E-state index is 12.7. The molecular formula is C27H37NO8. The van der Waals surface area contributed by atoms with Crippen molar-refractivity contribution in [1.29, 1.82) is 0 Å². The van der Waals surface area contributed by atoms with Gasteiger partial charge in [-0.2, -0.15) is 0 Å². The highest BCUT2D eigenvalue weighted by molar-refractivity contribution is 5.99. The van der Waals surface area contributed by atoms with E-state index in [2.05, 4.69) is 4.90 Å². The third kappa shape index (κ3) is 7.07. The fourth-order valence-corrected chi connectivity index (χ4v) is 4.19. The maximum atomic E-state index is 12.7. The summed E-state index contributed by atoms with van der Waals surface area (Å²) in [6.07, 6.45) is 2.71. The summed E-state index contributed by atoms with van der Waals surface area (Å²) in [5.74, 6) is -0.874. The summed E-state index contributed by atoms with van der Waals surface area (Å²) < 4.78 is 27.3. The standard InChI is InChI=1S/C27H37NO8/c1-17(2)26(30)36-22-16-21(32-5)19(4)24-20(35-27(31)25(22)24)8-6-18(3)7-9-23(29)34-15-12-28-10-13-33-14-11-28/h6,16-17,20H,7-15H2,1-5H3. The molecule has 0 aromatic heterocycles. The second-order valence-electron chi connectivity index (χ2n) is 9.42. The van der Waals surface area contributed by atoms with E-state index in [4.69, 9.17) is 23.7 Å². The van der Waals surface area contributed by atoms with Crippen molar-refractivity contribution in [2.24, 2.45) is 5.92 Å². The lowest BCUT2D eigenvalue weighted by molar-refractivity contribution is -0.144. The van der Waals surface area contributed by atoms with E-state index < -0.39 is 18.0 Å². The number of esters is 3. The zero-order chi connectivity index (χ0) is 26.2. The number of nitrogens with zero attached hydrogens (tertiary/aromatic N) is 1.